The van der Waals surface area contributed by atoms with Gasteiger partial charge in [0.1, 0.15) is 5.75 Å². The maximum atomic E-state index is 10.1. The molecule has 6 nitrogen and oxygen atoms in total. The third-order valence-electron chi connectivity index (χ3n) is 2.20. The summed E-state index contributed by atoms with van der Waals surface area (Å²) in [5, 5.41) is 3.59. The summed E-state index contributed by atoms with van der Waals surface area (Å²) in [4.78, 5) is 21.6. The van der Waals surface area contributed by atoms with Crippen molar-refractivity contribution in [3.63, 3.8) is 0 Å². The van der Waals surface area contributed by atoms with Crippen molar-refractivity contribution >= 4 is 6.47 Å². The number of ether oxygens (including phenoxy) is 1. The molecule has 1 N–H and O–H groups in total. The van der Waals surface area contributed by atoms with Gasteiger partial charge in [-0.15, -0.1) is 0 Å². The van der Waals surface area contributed by atoms with Crippen molar-refractivity contribution in [2.75, 3.05) is 7.11 Å². The molecule has 2 aromatic rings. The standard InChI is InChI=1S/C12H11N3O3/c1-17-9-6-11(10-4-2-3-5-13-10)14-12(7-9)15-18-8-16/h2-8H,1H3,(H,14,15). The lowest BCUT2D eigenvalue weighted by molar-refractivity contribution is -0.129. The van der Waals surface area contributed by atoms with Crippen molar-refractivity contribution in [2.45, 2.75) is 0 Å². The highest BCUT2D eigenvalue weighted by Crippen LogP contribution is 2.16. The van der Waals surface area contributed by atoms with E-state index in [1.807, 2.05) is 18.2 Å². The second-order valence-corrected chi connectivity index (χ2v) is 3.33. The topological polar surface area (TPSA) is 76.6 Å². The van der Waals surface area contributed by atoms with E-state index in [9.17, 15) is 4.79 Å². The van der Waals surface area contributed by atoms with Crippen LogP contribution in [0.25, 0.3) is 11.4 Å². The average molecular weight is 245 g/mol. The number of hydrogen-bond donors (Lipinski definition) is 1. The summed E-state index contributed by atoms with van der Waals surface area (Å²) in [5.74, 6) is 0.586. The summed E-state index contributed by atoms with van der Waals surface area (Å²) in [6, 6.07) is 8.92. The Morgan fingerprint density at radius 3 is 2.94 bits per heavy atom. The minimum atomic E-state index is 0.244. The first-order valence-electron chi connectivity index (χ1n) is 5.17. The largest absolute Gasteiger partial charge is 0.497 e. The maximum Gasteiger partial charge on any atom is 0.323 e. The molecule has 6 heteroatoms. The monoisotopic (exact) mass is 245 g/mol. The first-order chi connectivity index (χ1) is 8.83. The van der Waals surface area contributed by atoms with Crippen LogP contribution in [0.15, 0.2) is 41.7 Å². The minimum Gasteiger partial charge on any atom is -0.497 e. The summed E-state index contributed by atoms with van der Waals surface area (Å²) in [6.07, 6.45) is 1.68. The quantitative estimate of drug-likeness (QED) is 0.496. The van der Waals surface area contributed by atoms with Gasteiger partial charge in [0, 0.05) is 18.3 Å². The Bertz CT molecular complexity index is 593. The van der Waals surface area contributed by atoms with Crippen molar-refractivity contribution in [3.8, 4) is 17.1 Å². The fourth-order valence-corrected chi connectivity index (χ4v) is 1.43. The van der Waals surface area contributed by atoms with E-state index in [4.69, 9.17) is 4.74 Å². The molecule has 0 fully saturated rings. The van der Waals surface area contributed by atoms with Crippen LogP contribution in [-0.4, -0.2) is 23.5 Å². The van der Waals surface area contributed by atoms with Crippen molar-refractivity contribution in [3.05, 3.63) is 42.0 Å². The number of H-pyrrole nitrogens is 1. The Morgan fingerprint density at radius 2 is 2.28 bits per heavy atom. The van der Waals surface area contributed by atoms with Gasteiger partial charge in [-0.05, 0) is 12.1 Å². The number of methoxy groups -OCH3 is 1. The second-order valence-electron chi connectivity index (χ2n) is 3.33. The second kappa shape index (κ2) is 5.62. The molecule has 0 spiro atoms. The van der Waals surface area contributed by atoms with Crippen LogP contribution in [0.5, 0.6) is 5.75 Å². The lowest BCUT2D eigenvalue weighted by atomic mass is 10.2. The fourth-order valence-electron chi connectivity index (χ4n) is 1.43. The van der Waals surface area contributed by atoms with E-state index in [0.29, 0.717) is 16.9 Å². The van der Waals surface area contributed by atoms with Crippen molar-refractivity contribution in [2.24, 2.45) is 5.16 Å². The van der Waals surface area contributed by atoms with Gasteiger partial charge in [-0.25, -0.2) is 0 Å². The molecule has 0 radical (unpaired) electrons. The van der Waals surface area contributed by atoms with Crippen LogP contribution in [0.3, 0.4) is 0 Å². The van der Waals surface area contributed by atoms with Crippen LogP contribution >= 0.6 is 0 Å². The highest BCUT2D eigenvalue weighted by molar-refractivity contribution is 5.55. The third-order valence-corrected chi connectivity index (χ3v) is 2.20. The maximum absolute atomic E-state index is 10.1. The lowest BCUT2D eigenvalue weighted by Crippen LogP contribution is -2.09. The predicted molar refractivity (Wildman–Crippen MR) is 63.3 cm³/mol. The molecule has 0 unspecified atom stereocenters. The van der Waals surface area contributed by atoms with Crippen LogP contribution in [0.2, 0.25) is 0 Å². The van der Waals surface area contributed by atoms with Gasteiger partial charge < -0.3 is 14.6 Å². The van der Waals surface area contributed by atoms with E-state index in [-0.39, 0.29) is 6.47 Å². The summed E-state index contributed by atoms with van der Waals surface area (Å²) < 4.78 is 5.15. The van der Waals surface area contributed by atoms with Gasteiger partial charge in [0.05, 0.1) is 18.5 Å². The molecule has 2 heterocycles. The first kappa shape index (κ1) is 11.8. The van der Waals surface area contributed by atoms with E-state index < -0.39 is 0 Å². The Labute approximate surface area is 103 Å². The predicted octanol–water partition coefficient (Wildman–Crippen LogP) is 1.07. The third kappa shape index (κ3) is 2.73. The smallest absolute Gasteiger partial charge is 0.323 e. The zero-order valence-electron chi connectivity index (χ0n) is 9.66. The molecule has 0 aromatic carbocycles. The number of hydrogen-bond acceptors (Lipinski definition) is 5. The van der Waals surface area contributed by atoms with Gasteiger partial charge in [-0.2, -0.15) is 0 Å². The number of pyridine rings is 2. The molecule has 0 atom stereocenters. The lowest BCUT2D eigenvalue weighted by Gasteiger charge is -2.04. The average Bonchev–Trinajstić information content (AvgIpc) is 2.45. The van der Waals surface area contributed by atoms with Crippen LogP contribution < -0.4 is 10.2 Å². The zero-order valence-corrected chi connectivity index (χ0v) is 9.66. The number of aromatic amines is 1. The van der Waals surface area contributed by atoms with Gasteiger partial charge in [0.15, 0.2) is 5.49 Å². The van der Waals surface area contributed by atoms with Crippen LogP contribution in [-0.2, 0) is 9.63 Å². The van der Waals surface area contributed by atoms with E-state index in [0.717, 1.165) is 5.69 Å². The highest BCUT2D eigenvalue weighted by Gasteiger charge is 2.02. The van der Waals surface area contributed by atoms with Crippen LogP contribution in [0.1, 0.15) is 0 Å². The molecule has 0 saturated heterocycles. The van der Waals surface area contributed by atoms with E-state index in [2.05, 4.69) is 20.0 Å². The molecule has 92 valence electrons. The number of rotatable bonds is 4. The number of carbonyl (C=O) groups excluding carboxylic acids is 1. The summed E-state index contributed by atoms with van der Waals surface area (Å²) in [5.41, 5.74) is 1.81. The van der Waals surface area contributed by atoms with Gasteiger partial charge in [-0.1, -0.05) is 11.2 Å². The normalized spacial score (nSPS) is 11.1. The van der Waals surface area contributed by atoms with Crippen LogP contribution in [0.4, 0.5) is 0 Å². The Kier molecular flexibility index (Phi) is 3.70. The molecular weight excluding hydrogens is 234 g/mol. The fraction of sp³-hybridized carbons (Fsp3) is 0.0833. The molecule has 2 rings (SSSR count). The zero-order chi connectivity index (χ0) is 12.8. The van der Waals surface area contributed by atoms with E-state index >= 15 is 0 Å². The van der Waals surface area contributed by atoms with Gasteiger partial charge >= 0.3 is 6.47 Å². The first-order valence-corrected chi connectivity index (χ1v) is 5.17. The Morgan fingerprint density at radius 1 is 1.39 bits per heavy atom. The van der Waals surface area contributed by atoms with Gasteiger partial charge in [-0.3, -0.25) is 9.78 Å². The van der Waals surface area contributed by atoms with Crippen LogP contribution in [0, 0.1) is 0 Å². The molecule has 0 bridgehead atoms. The number of aromatic nitrogens is 2. The Balaban J connectivity index is 2.51. The summed E-state index contributed by atoms with van der Waals surface area (Å²) in [7, 11) is 1.54. The Hall–Kier alpha value is -2.63. The van der Waals surface area contributed by atoms with Crippen molar-refractivity contribution in [1.29, 1.82) is 0 Å². The number of nitrogens with zero attached hydrogens (tertiary/aromatic N) is 2. The number of nitrogens with one attached hydrogen (secondary N) is 1. The van der Waals surface area contributed by atoms with Crippen molar-refractivity contribution in [1.82, 2.24) is 9.97 Å². The number of carbonyl (C=O) groups is 1. The molecule has 0 aliphatic rings. The summed E-state index contributed by atoms with van der Waals surface area (Å²) in [6.45, 7) is 0.244. The minimum absolute atomic E-state index is 0.244. The molecule has 0 aliphatic carbocycles. The van der Waals surface area contributed by atoms with Gasteiger partial charge in [0.25, 0.3) is 0 Å². The highest BCUT2D eigenvalue weighted by atomic mass is 16.7. The molecular formula is C12H11N3O3. The molecule has 0 aliphatic heterocycles. The summed E-state index contributed by atoms with van der Waals surface area (Å²) >= 11 is 0. The van der Waals surface area contributed by atoms with Gasteiger partial charge in [0.2, 0.25) is 0 Å². The van der Waals surface area contributed by atoms with Crippen molar-refractivity contribution < 1.29 is 14.4 Å². The van der Waals surface area contributed by atoms with E-state index in [1.165, 1.54) is 0 Å². The molecule has 0 saturated carbocycles. The SMILES string of the molecule is COc1cc(-c2ccccn2)[nH]/c(=N\OC=O)c1. The molecule has 2 aromatic heterocycles. The molecule has 0 amide bonds. The molecule has 18 heavy (non-hydrogen) atoms. The van der Waals surface area contributed by atoms with E-state index in [1.54, 1.807) is 25.4 Å².